The molecule has 20 heavy (non-hydrogen) atoms. The number of carbonyl (C=O) groups is 1. The van der Waals surface area contributed by atoms with Crippen LogP contribution in [0, 0.1) is 0 Å². The molecule has 3 N–H and O–H groups in total. The minimum atomic E-state index is -3.82. The predicted octanol–water partition coefficient (Wildman–Crippen LogP) is 1.85. The molecular weight excluding hydrogens is 348 g/mol. The van der Waals surface area contributed by atoms with Gasteiger partial charge < -0.3 is 10.1 Å². The molecule has 112 valence electrons. The van der Waals surface area contributed by atoms with Gasteiger partial charge in [0, 0.05) is 11.8 Å². The first-order valence-corrected chi connectivity index (χ1v) is 8.62. The lowest BCUT2D eigenvalue weighted by Crippen LogP contribution is -2.15. The molecule has 6 nitrogen and oxygen atoms in total. The summed E-state index contributed by atoms with van der Waals surface area (Å²) in [6.07, 6.45) is 1.99. The number of halogens is 1. The highest BCUT2D eigenvalue weighted by atomic mass is 79.9. The van der Waals surface area contributed by atoms with Crippen LogP contribution < -0.4 is 15.2 Å². The minimum absolute atomic E-state index is 0.0749. The molecule has 0 aromatic heterocycles. The maximum atomic E-state index is 11.8. The van der Waals surface area contributed by atoms with E-state index in [9.17, 15) is 13.2 Å². The normalized spacial score (nSPS) is 11.2. The molecular formula is C12H17BrN2O4S. The van der Waals surface area contributed by atoms with E-state index in [2.05, 4.69) is 21.2 Å². The first-order chi connectivity index (χ1) is 9.38. The lowest BCUT2D eigenvalue weighted by molar-refractivity contribution is -0.116. The van der Waals surface area contributed by atoms with Crippen LogP contribution in [0.25, 0.3) is 0 Å². The Kier molecular flexibility index (Phi) is 6.44. The number of ether oxygens (including phenoxy) is 1. The molecule has 0 saturated heterocycles. The molecule has 0 aliphatic heterocycles. The smallest absolute Gasteiger partial charge is 0.238 e. The first-order valence-electron chi connectivity index (χ1n) is 5.95. The summed E-state index contributed by atoms with van der Waals surface area (Å²) in [5.74, 6) is 0.182. The van der Waals surface area contributed by atoms with Crippen molar-refractivity contribution in [3.63, 3.8) is 0 Å². The monoisotopic (exact) mass is 364 g/mol. The molecule has 0 unspecified atom stereocenters. The van der Waals surface area contributed by atoms with Crippen molar-refractivity contribution in [1.82, 2.24) is 0 Å². The summed E-state index contributed by atoms with van der Waals surface area (Å²) in [5, 5.41) is 8.53. The third kappa shape index (κ3) is 5.10. The predicted molar refractivity (Wildman–Crippen MR) is 80.6 cm³/mol. The fraction of sp³-hybridized carbons (Fsp3) is 0.417. The average molecular weight is 365 g/mol. The maximum absolute atomic E-state index is 11.8. The molecule has 0 spiro atoms. The molecule has 0 aliphatic carbocycles. The number of alkyl halides is 1. The van der Waals surface area contributed by atoms with Gasteiger partial charge in [-0.2, -0.15) is 0 Å². The fourth-order valence-corrected chi connectivity index (χ4v) is 2.49. The number of benzene rings is 1. The highest BCUT2D eigenvalue weighted by Crippen LogP contribution is 2.27. The molecule has 0 aliphatic rings. The van der Waals surface area contributed by atoms with Crippen LogP contribution in [0.5, 0.6) is 5.75 Å². The van der Waals surface area contributed by atoms with Crippen LogP contribution in [-0.4, -0.2) is 26.8 Å². The number of primary sulfonamides is 1. The molecule has 1 amide bonds. The van der Waals surface area contributed by atoms with Gasteiger partial charge in [-0.25, -0.2) is 13.6 Å². The molecule has 1 aromatic rings. The molecule has 0 fully saturated rings. The maximum Gasteiger partial charge on any atom is 0.238 e. The van der Waals surface area contributed by atoms with Crippen LogP contribution >= 0.6 is 15.9 Å². The molecule has 0 atom stereocenters. The lowest BCUT2D eigenvalue weighted by Gasteiger charge is -2.11. The second-order valence-electron chi connectivity index (χ2n) is 4.10. The summed E-state index contributed by atoms with van der Waals surface area (Å²) in [6, 6.07) is 4.07. The van der Waals surface area contributed by atoms with E-state index in [4.69, 9.17) is 9.88 Å². The largest absolute Gasteiger partial charge is 0.495 e. The quantitative estimate of drug-likeness (QED) is 0.569. The molecule has 1 rings (SSSR count). The van der Waals surface area contributed by atoms with Gasteiger partial charge in [0.25, 0.3) is 0 Å². The molecule has 0 saturated carbocycles. The third-order valence-electron chi connectivity index (χ3n) is 2.56. The first kappa shape index (κ1) is 16.9. The number of unbranched alkanes of at least 4 members (excludes halogenated alkanes) is 1. The summed E-state index contributed by atoms with van der Waals surface area (Å²) in [4.78, 5) is 11.7. The van der Waals surface area contributed by atoms with Gasteiger partial charge in [-0.1, -0.05) is 15.9 Å². The fourth-order valence-electron chi connectivity index (χ4n) is 1.55. The number of carbonyl (C=O) groups excluding carboxylic acids is 1. The second kappa shape index (κ2) is 7.61. The van der Waals surface area contributed by atoms with Gasteiger partial charge in [-0.05, 0) is 31.0 Å². The summed E-state index contributed by atoms with van der Waals surface area (Å²) in [6.45, 7) is 0. The van der Waals surface area contributed by atoms with Crippen molar-refractivity contribution in [2.45, 2.75) is 24.2 Å². The Morgan fingerprint density at radius 1 is 1.40 bits per heavy atom. The Morgan fingerprint density at radius 2 is 2.10 bits per heavy atom. The van der Waals surface area contributed by atoms with E-state index >= 15 is 0 Å². The van der Waals surface area contributed by atoms with Gasteiger partial charge in [0.2, 0.25) is 15.9 Å². The van der Waals surface area contributed by atoms with Crippen LogP contribution in [0.3, 0.4) is 0 Å². The van der Waals surface area contributed by atoms with Gasteiger partial charge >= 0.3 is 0 Å². The van der Waals surface area contributed by atoms with Gasteiger partial charge in [0.1, 0.15) is 5.75 Å². The number of hydrogen-bond acceptors (Lipinski definition) is 4. The third-order valence-corrected chi connectivity index (χ3v) is 4.03. The van der Waals surface area contributed by atoms with Crippen LogP contribution in [0.1, 0.15) is 19.3 Å². The Hall–Kier alpha value is -1.12. The van der Waals surface area contributed by atoms with Crippen LogP contribution in [0.15, 0.2) is 23.1 Å². The summed E-state index contributed by atoms with van der Waals surface area (Å²) in [7, 11) is -2.38. The van der Waals surface area contributed by atoms with Crippen LogP contribution in [-0.2, 0) is 14.8 Å². The number of hydrogen-bond donors (Lipinski definition) is 2. The van der Waals surface area contributed by atoms with E-state index in [0.717, 1.165) is 18.2 Å². The van der Waals surface area contributed by atoms with Gasteiger partial charge in [-0.15, -0.1) is 0 Å². The van der Waals surface area contributed by atoms with E-state index in [1.54, 1.807) is 0 Å². The van der Waals surface area contributed by atoms with Crippen molar-refractivity contribution in [3.05, 3.63) is 18.2 Å². The average Bonchev–Trinajstić information content (AvgIpc) is 2.38. The molecule has 0 radical (unpaired) electrons. The molecule has 0 heterocycles. The zero-order chi connectivity index (χ0) is 15.2. The van der Waals surface area contributed by atoms with E-state index in [0.29, 0.717) is 17.9 Å². The Bertz CT molecular complexity index is 575. The zero-order valence-electron chi connectivity index (χ0n) is 11.1. The van der Waals surface area contributed by atoms with Crippen molar-refractivity contribution in [2.24, 2.45) is 5.14 Å². The summed E-state index contributed by atoms with van der Waals surface area (Å²) in [5.41, 5.74) is 0.294. The van der Waals surface area contributed by atoms with Gasteiger partial charge in [0.05, 0.1) is 17.7 Å². The lowest BCUT2D eigenvalue weighted by atomic mass is 10.2. The molecule has 0 bridgehead atoms. The van der Waals surface area contributed by atoms with Crippen LogP contribution in [0.4, 0.5) is 5.69 Å². The summed E-state index contributed by atoms with van der Waals surface area (Å²) < 4.78 is 27.7. The number of nitrogens with two attached hydrogens (primary N) is 1. The van der Waals surface area contributed by atoms with E-state index in [-0.39, 0.29) is 10.8 Å². The van der Waals surface area contributed by atoms with Crippen LogP contribution in [0.2, 0.25) is 0 Å². The van der Waals surface area contributed by atoms with Crippen molar-refractivity contribution in [1.29, 1.82) is 0 Å². The highest BCUT2D eigenvalue weighted by Gasteiger charge is 2.13. The number of methoxy groups -OCH3 is 1. The SMILES string of the molecule is COc1ccc(S(N)(=O)=O)cc1NC(=O)CCCCBr. The number of sulfonamides is 1. The number of nitrogens with one attached hydrogen (secondary N) is 1. The van der Waals surface area contributed by atoms with E-state index < -0.39 is 10.0 Å². The topological polar surface area (TPSA) is 98.5 Å². The van der Waals surface area contributed by atoms with Crippen molar-refractivity contribution in [3.8, 4) is 5.75 Å². The Balaban J connectivity index is 2.89. The Morgan fingerprint density at radius 3 is 2.65 bits per heavy atom. The van der Waals surface area contributed by atoms with Gasteiger partial charge in [0.15, 0.2) is 0 Å². The molecule has 8 heteroatoms. The molecule has 1 aromatic carbocycles. The number of rotatable bonds is 7. The second-order valence-corrected chi connectivity index (χ2v) is 6.46. The van der Waals surface area contributed by atoms with E-state index in [1.807, 2.05) is 0 Å². The Labute approximate surface area is 126 Å². The van der Waals surface area contributed by atoms with Gasteiger partial charge in [-0.3, -0.25) is 4.79 Å². The standard InChI is InChI=1S/C12H17BrN2O4S/c1-19-11-6-5-9(20(14,17)18)8-10(11)15-12(16)4-2-3-7-13/h5-6,8H,2-4,7H2,1H3,(H,15,16)(H2,14,17,18). The highest BCUT2D eigenvalue weighted by molar-refractivity contribution is 9.09. The number of anilines is 1. The van der Waals surface area contributed by atoms with Crippen molar-refractivity contribution >= 4 is 37.5 Å². The van der Waals surface area contributed by atoms with Crippen molar-refractivity contribution in [2.75, 3.05) is 17.8 Å². The van der Waals surface area contributed by atoms with E-state index in [1.165, 1.54) is 25.3 Å². The minimum Gasteiger partial charge on any atom is -0.495 e. The summed E-state index contributed by atoms with van der Waals surface area (Å²) >= 11 is 3.29. The zero-order valence-corrected chi connectivity index (χ0v) is 13.5. The number of amides is 1. The van der Waals surface area contributed by atoms with Crippen molar-refractivity contribution < 1.29 is 17.9 Å².